The molecule has 1 fully saturated rings. The predicted molar refractivity (Wildman–Crippen MR) is 83.4 cm³/mol. The molecule has 1 saturated carbocycles. The van der Waals surface area contributed by atoms with E-state index in [1.807, 2.05) is 6.07 Å². The Bertz CT molecular complexity index is 444. The van der Waals surface area contributed by atoms with Crippen LogP contribution in [0.1, 0.15) is 57.1 Å². The van der Waals surface area contributed by atoms with Gasteiger partial charge >= 0.3 is 0 Å². The SMILES string of the molecule is CCCC1CCC(C(NN)c2ccc(OC)c(F)c2)CC1. The van der Waals surface area contributed by atoms with Crippen LogP contribution in [0.4, 0.5) is 4.39 Å². The lowest BCUT2D eigenvalue weighted by molar-refractivity contribution is 0.215. The van der Waals surface area contributed by atoms with Gasteiger partial charge in [0.25, 0.3) is 0 Å². The summed E-state index contributed by atoms with van der Waals surface area (Å²) in [4.78, 5) is 0. The van der Waals surface area contributed by atoms with Gasteiger partial charge in [-0.15, -0.1) is 0 Å². The van der Waals surface area contributed by atoms with Gasteiger partial charge in [-0.3, -0.25) is 11.3 Å². The van der Waals surface area contributed by atoms with Gasteiger partial charge in [0, 0.05) is 6.04 Å². The molecule has 1 aromatic rings. The normalized spacial score (nSPS) is 23.8. The first-order valence-corrected chi connectivity index (χ1v) is 7.99. The maximum Gasteiger partial charge on any atom is 0.165 e. The molecule has 0 heterocycles. The molecule has 1 aliphatic carbocycles. The van der Waals surface area contributed by atoms with Crippen LogP contribution in [-0.4, -0.2) is 7.11 Å². The van der Waals surface area contributed by atoms with E-state index in [0.29, 0.717) is 5.92 Å². The van der Waals surface area contributed by atoms with Gasteiger partial charge in [0.15, 0.2) is 11.6 Å². The third-order valence-electron chi connectivity index (χ3n) is 4.77. The van der Waals surface area contributed by atoms with E-state index < -0.39 is 0 Å². The van der Waals surface area contributed by atoms with Crippen molar-refractivity contribution in [1.29, 1.82) is 0 Å². The van der Waals surface area contributed by atoms with E-state index in [4.69, 9.17) is 10.6 Å². The van der Waals surface area contributed by atoms with Crippen molar-refractivity contribution in [2.75, 3.05) is 7.11 Å². The molecular weight excluding hydrogens is 267 g/mol. The first-order chi connectivity index (χ1) is 10.2. The molecule has 0 amide bonds. The summed E-state index contributed by atoms with van der Waals surface area (Å²) in [6.45, 7) is 2.25. The lowest BCUT2D eigenvalue weighted by atomic mass is 9.75. The second-order valence-electron chi connectivity index (χ2n) is 6.11. The first kappa shape index (κ1) is 16.2. The number of hydrogen-bond donors (Lipinski definition) is 2. The number of ether oxygens (including phenoxy) is 1. The van der Waals surface area contributed by atoms with Crippen molar-refractivity contribution in [2.45, 2.75) is 51.5 Å². The van der Waals surface area contributed by atoms with Crippen molar-refractivity contribution in [3.63, 3.8) is 0 Å². The Kier molecular flexibility index (Phi) is 6.00. The van der Waals surface area contributed by atoms with Crippen molar-refractivity contribution < 1.29 is 9.13 Å². The Morgan fingerprint density at radius 2 is 2.05 bits per heavy atom. The monoisotopic (exact) mass is 294 g/mol. The largest absolute Gasteiger partial charge is 0.494 e. The highest BCUT2D eigenvalue weighted by molar-refractivity contribution is 5.31. The second-order valence-corrected chi connectivity index (χ2v) is 6.11. The quantitative estimate of drug-likeness (QED) is 0.617. The Balaban J connectivity index is 2.05. The van der Waals surface area contributed by atoms with Crippen LogP contribution in [0.3, 0.4) is 0 Å². The molecule has 0 bridgehead atoms. The summed E-state index contributed by atoms with van der Waals surface area (Å²) in [5, 5.41) is 0. The van der Waals surface area contributed by atoms with Crippen LogP contribution in [0.15, 0.2) is 18.2 Å². The Morgan fingerprint density at radius 3 is 2.57 bits per heavy atom. The molecule has 0 aliphatic heterocycles. The number of rotatable bonds is 6. The summed E-state index contributed by atoms with van der Waals surface area (Å²) < 4.78 is 18.9. The topological polar surface area (TPSA) is 47.3 Å². The van der Waals surface area contributed by atoms with Gasteiger partial charge in [-0.2, -0.15) is 0 Å². The molecule has 1 aromatic carbocycles. The van der Waals surface area contributed by atoms with Crippen LogP contribution in [0.2, 0.25) is 0 Å². The van der Waals surface area contributed by atoms with Gasteiger partial charge in [0.05, 0.1) is 7.11 Å². The molecule has 0 radical (unpaired) electrons. The minimum atomic E-state index is -0.324. The smallest absolute Gasteiger partial charge is 0.165 e. The van der Waals surface area contributed by atoms with E-state index >= 15 is 0 Å². The van der Waals surface area contributed by atoms with Gasteiger partial charge < -0.3 is 4.74 Å². The highest BCUT2D eigenvalue weighted by atomic mass is 19.1. The lowest BCUT2D eigenvalue weighted by Gasteiger charge is -2.34. The van der Waals surface area contributed by atoms with Crippen molar-refractivity contribution in [3.8, 4) is 5.75 Å². The number of benzene rings is 1. The molecule has 1 aliphatic rings. The molecular formula is C17H27FN2O. The van der Waals surface area contributed by atoms with Crippen LogP contribution >= 0.6 is 0 Å². The molecule has 21 heavy (non-hydrogen) atoms. The van der Waals surface area contributed by atoms with E-state index in [1.54, 1.807) is 12.1 Å². The summed E-state index contributed by atoms with van der Waals surface area (Å²) in [6.07, 6.45) is 7.42. The number of methoxy groups -OCH3 is 1. The fourth-order valence-corrected chi connectivity index (χ4v) is 3.60. The highest BCUT2D eigenvalue weighted by Gasteiger charge is 2.28. The Hall–Kier alpha value is -1.13. The number of hydrazine groups is 1. The zero-order chi connectivity index (χ0) is 15.2. The molecule has 4 heteroatoms. The minimum Gasteiger partial charge on any atom is -0.494 e. The average Bonchev–Trinajstić information content (AvgIpc) is 2.50. The van der Waals surface area contributed by atoms with E-state index in [-0.39, 0.29) is 17.6 Å². The maximum atomic E-state index is 13.9. The van der Waals surface area contributed by atoms with E-state index in [2.05, 4.69) is 12.3 Å². The van der Waals surface area contributed by atoms with Crippen LogP contribution in [0.25, 0.3) is 0 Å². The fraction of sp³-hybridized carbons (Fsp3) is 0.647. The molecule has 0 spiro atoms. The van der Waals surface area contributed by atoms with E-state index in [9.17, 15) is 4.39 Å². The number of nitrogens with one attached hydrogen (secondary N) is 1. The first-order valence-electron chi connectivity index (χ1n) is 7.99. The standard InChI is InChI=1S/C17H27FN2O/c1-3-4-12-5-7-13(8-6-12)17(20-19)14-9-10-16(21-2)15(18)11-14/h9-13,17,20H,3-8,19H2,1-2H3. The zero-order valence-corrected chi connectivity index (χ0v) is 13.1. The Labute approximate surface area is 127 Å². The summed E-state index contributed by atoms with van der Waals surface area (Å²) in [5.41, 5.74) is 3.80. The van der Waals surface area contributed by atoms with Crippen molar-refractivity contribution in [3.05, 3.63) is 29.6 Å². The Morgan fingerprint density at radius 1 is 1.33 bits per heavy atom. The molecule has 3 nitrogen and oxygen atoms in total. The van der Waals surface area contributed by atoms with E-state index in [0.717, 1.165) is 24.3 Å². The number of nitrogens with two attached hydrogens (primary N) is 1. The van der Waals surface area contributed by atoms with Crippen molar-refractivity contribution in [1.82, 2.24) is 5.43 Å². The van der Waals surface area contributed by atoms with Crippen molar-refractivity contribution >= 4 is 0 Å². The fourth-order valence-electron chi connectivity index (χ4n) is 3.60. The number of hydrogen-bond acceptors (Lipinski definition) is 3. The van der Waals surface area contributed by atoms with Crippen LogP contribution in [0.5, 0.6) is 5.75 Å². The summed E-state index contributed by atoms with van der Waals surface area (Å²) in [7, 11) is 1.48. The average molecular weight is 294 g/mol. The van der Waals surface area contributed by atoms with Gasteiger partial charge in [0.1, 0.15) is 0 Å². The molecule has 0 saturated heterocycles. The molecule has 118 valence electrons. The highest BCUT2D eigenvalue weighted by Crippen LogP contribution is 2.38. The van der Waals surface area contributed by atoms with Gasteiger partial charge in [-0.25, -0.2) is 4.39 Å². The molecule has 2 rings (SSSR count). The maximum absolute atomic E-state index is 13.9. The van der Waals surface area contributed by atoms with Gasteiger partial charge in [-0.1, -0.05) is 38.7 Å². The van der Waals surface area contributed by atoms with Gasteiger partial charge in [-0.05, 0) is 42.4 Å². The minimum absolute atomic E-state index is 0.0213. The zero-order valence-electron chi connectivity index (χ0n) is 13.1. The number of halogens is 1. The van der Waals surface area contributed by atoms with E-state index in [1.165, 1.54) is 32.8 Å². The van der Waals surface area contributed by atoms with Crippen LogP contribution in [0, 0.1) is 17.7 Å². The molecule has 1 atom stereocenters. The molecule has 3 N–H and O–H groups in total. The third-order valence-corrected chi connectivity index (χ3v) is 4.77. The van der Waals surface area contributed by atoms with Crippen LogP contribution in [-0.2, 0) is 0 Å². The summed E-state index contributed by atoms with van der Waals surface area (Å²) in [6, 6.07) is 5.15. The third kappa shape index (κ3) is 3.95. The molecule has 1 unspecified atom stereocenters. The van der Waals surface area contributed by atoms with Crippen molar-refractivity contribution in [2.24, 2.45) is 17.7 Å². The summed E-state index contributed by atoms with van der Waals surface area (Å²) >= 11 is 0. The van der Waals surface area contributed by atoms with Crippen LogP contribution < -0.4 is 16.0 Å². The summed E-state index contributed by atoms with van der Waals surface area (Å²) in [5.74, 6) is 7.04. The predicted octanol–water partition coefficient (Wildman–Crippen LogP) is 3.95. The molecule has 0 aromatic heterocycles. The van der Waals surface area contributed by atoms with Gasteiger partial charge in [0.2, 0.25) is 0 Å². The lowest BCUT2D eigenvalue weighted by Crippen LogP contribution is -2.35. The second kappa shape index (κ2) is 7.76.